The third-order valence-electron chi connectivity index (χ3n) is 2.85. The van der Waals surface area contributed by atoms with Crippen molar-refractivity contribution in [2.24, 2.45) is 0 Å². The molecule has 102 valence electrons. The maximum atomic E-state index is 12.3. The molecule has 0 spiro atoms. The number of esters is 1. The molecule has 7 heteroatoms. The fourth-order valence-electron chi connectivity index (χ4n) is 2.01. The van der Waals surface area contributed by atoms with Gasteiger partial charge in [-0.3, -0.25) is 4.31 Å². The summed E-state index contributed by atoms with van der Waals surface area (Å²) in [5, 5.41) is 10.0. The number of methoxy groups -OCH3 is 1. The predicted octanol–water partition coefficient (Wildman–Crippen LogP) is 1.26. The van der Waals surface area contributed by atoms with E-state index in [-0.39, 0.29) is 6.54 Å². The number of aliphatic hydroxyl groups is 1. The van der Waals surface area contributed by atoms with Crippen LogP contribution in [0.25, 0.3) is 5.76 Å². The number of fused-ring (bicyclic) bond motifs is 1. The lowest BCUT2D eigenvalue weighted by Gasteiger charge is -2.29. The minimum absolute atomic E-state index is 0.146. The molecule has 0 atom stereocenters. The second-order valence-electron chi connectivity index (χ2n) is 3.86. The van der Waals surface area contributed by atoms with E-state index in [1.54, 1.807) is 31.2 Å². The summed E-state index contributed by atoms with van der Waals surface area (Å²) in [6.45, 7) is 1.79. The van der Waals surface area contributed by atoms with E-state index in [4.69, 9.17) is 0 Å². The molecule has 1 aromatic rings. The molecule has 0 fully saturated rings. The molecule has 19 heavy (non-hydrogen) atoms. The van der Waals surface area contributed by atoms with Crippen molar-refractivity contribution in [2.45, 2.75) is 6.92 Å². The highest BCUT2D eigenvalue weighted by Gasteiger charge is 2.41. The average Bonchev–Trinajstić information content (AvgIpc) is 2.38. The number of ether oxygens (including phenoxy) is 1. The summed E-state index contributed by atoms with van der Waals surface area (Å²) in [5.74, 6) is -1.65. The molecule has 1 aliphatic rings. The number of benzene rings is 1. The first-order valence-electron chi connectivity index (χ1n) is 5.58. The van der Waals surface area contributed by atoms with Gasteiger partial charge in [-0.2, -0.15) is 0 Å². The first kappa shape index (κ1) is 13.4. The van der Waals surface area contributed by atoms with Gasteiger partial charge in [0.05, 0.1) is 12.8 Å². The van der Waals surface area contributed by atoms with E-state index >= 15 is 0 Å². The number of anilines is 1. The van der Waals surface area contributed by atoms with Crippen LogP contribution in [0.5, 0.6) is 0 Å². The van der Waals surface area contributed by atoms with E-state index in [0.29, 0.717) is 11.3 Å². The second kappa shape index (κ2) is 4.58. The first-order chi connectivity index (χ1) is 8.95. The summed E-state index contributed by atoms with van der Waals surface area (Å²) in [5.41, 5.74) is 0.634. The predicted molar refractivity (Wildman–Crippen MR) is 69.9 cm³/mol. The average molecular weight is 283 g/mol. The highest BCUT2D eigenvalue weighted by Crippen LogP contribution is 2.38. The Bertz CT molecular complexity index is 662. The molecule has 1 N–H and O–H groups in total. The van der Waals surface area contributed by atoms with Gasteiger partial charge in [0.2, 0.25) is 4.91 Å². The van der Waals surface area contributed by atoms with Crippen molar-refractivity contribution in [1.82, 2.24) is 0 Å². The van der Waals surface area contributed by atoms with Crippen LogP contribution < -0.4 is 4.31 Å². The number of carbonyl (C=O) groups is 1. The molecule has 0 amide bonds. The highest BCUT2D eigenvalue weighted by atomic mass is 32.2. The lowest BCUT2D eigenvalue weighted by molar-refractivity contribution is -0.135. The fraction of sp³-hybridized carbons (Fsp3) is 0.250. The molecular formula is C12H13NO5S. The van der Waals surface area contributed by atoms with Crippen LogP contribution in [0.15, 0.2) is 29.2 Å². The Morgan fingerprint density at radius 3 is 2.58 bits per heavy atom. The monoisotopic (exact) mass is 283 g/mol. The summed E-state index contributed by atoms with van der Waals surface area (Å²) >= 11 is 0. The minimum Gasteiger partial charge on any atom is -0.506 e. The Balaban J connectivity index is 2.82. The molecule has 0 radical (unpaired) electrons. The van der Waals surface area contributed by atoms with Crippen molar-refractivity contribution in [3.8, 4) is 0 Å². The van der Waals surface area contributed by atoms with E-state index < -0.39 is 26.7 Å². The van der Waals surface area contributed by atoms with Crippen molar-refractivity contribution in [3.63, 3.8) is 0 Å². The SMILES string of the molecule is CCN1c2ccccc2C(O)=C(C(=O)OC)S1(=O)=O. The largest absolute Gasteiger partial charge is 0.506 e. The number of hydrogen-bond acceptors (Lipinski definition) is 5. The van der Waals surface area contributed by atoms with Crippen molar-refractivity contribution in [2.75, 3.05) is 18.0 Å². The Kier molecular flexibility index (Phi) is 3.23. The standard InChI is InChI=1S/C12H13NO5S/c1-3-13-9-7-5-4-6-8(9)10(14)11(12(15)18-2)19(13,16)17/h4-7,14H,3H2,1-2H3. The molecule has 0 saturated carbocycles. The summed E-state index contributed by atoms with van der Waals surface area (Å²) < 4.78 is 30.2. The topological polar surface area (TPSA) is 83.9 Å². The molecule has 0 unspecified atom stereocenters. The zero-order chi connectivity index (χ0) is 14.2. The first-order valence-corrected chi connectivity index (χ1v) is 7.02. The third kappa shape index (κ3) is 1.86. The molecule has 0 aliphatic carbocycles. The van der Waals surface area contributed by atoms with Gasteiger partial charge in [0.25, 0.3) is 10.0 Å². The minimum atomic E-state index is -4.10. The van der Waals surface area contributed by atoms with Gasteiger partial charge in [-0.05, 0) is 19.1 Å². The number of hydrogen-bond donors (Lipinski definition) is 1. The van der Waals surface area contributed by atoms with E-state index in [9.17, 15) is 18.3 Å². The van der Waals surface area contributed by atoms with E-state index in [0.717, 1.165) is 11.4 Å². The van der Waals surface area contributed by atoms with Crippen molar-refractivity contribution in [1.29, 1.82) is 0 Å². The Labute approximate surface area is 111 Å². The van der Waals surface area contributed by atoms with Crippen LogP contribution in [-0.4, -0.2) is 33.1 Å². The maximum absolute atomic E-state index is 12.3. The number of para-hydroxylation sites is 1. The van der Waals surface area contributed by atoms with Gasteiger partial charge in [0.1, 0.15) is 0 Å². The highest BCUT2D eigenvalue weighted by molar-refractivity contribution is 7.97. The second-order valence-corrected chi connectivity index (χ2v) is 5.66. The zero-order valence-electron chi connectivity index (χ0n) is 10.5. The summed E-state index contributed by atoms with van der Waals surface area (Å²) in [6.07, 6.45) is 0. The maximum Gasteiger partial charge on any atom is 0.355 e. The van der Waals surface area contributed by atoms with Crippen LogP contribution in [0.4, 0.5) is 5.69 Å². The fourth-order valence-corrected chi connectivity index (χ4v) is 3.64. The van der Waals surface area contributed by atoms with Crippen molar-refractivity contribution in [3.05, 3.63) is 34.7 Å². The number of carbonyl (C=O) groups excluding carboxylic acids is 1. The van der Waals surface area contributed by atoms with Gasteiger partial charge in [0.15, 0.2) is 5.76 Å². The van der Waals surface area contributed by atoms with Crippen LogP contribution in [0.2, 0.25) is 0 Å². The number of sulfonamides is 1. The lowest BCUT2D eigenvalue weighted by atomic mass is 10.1. The van der Waals surface area contributed by atoms with Crippen LogP contribution in [0.1, 0.15) is 12.5 Å². The van der Waals surface area contributed by atoms with Crippen molar-refractivity contribution < 1.29 is 23.1 Å². The van der Waals surface area contributed by atoms with Gasteiger partial charge in [0, 0.05) is 12.1 Å². The Morgan fingerprint density at radius 2 is 2.00 bits per heavy atom. The van der Waals surface area contributed by atoms with Crippen LogP contribution in [0, 0.1) is 0 Å². The van der Waals surface area contributed by atoms with Crippen LogP contribution in [0.3, 0.4) is 0 Å². The van der Waals surface area contributed by atoms with Crippen LogP contribution in [-0.2, 0) is 19.6 Å². The molecule has 6 nitrogen and oxygen atoms in total. The molecule has 0 saturated heterocycles. The zero-order valence-corrected chi connectivity index (χ0v) is 11.3. The van der Waals surface area contributed by atoms with Gasteiger partial charge in [-0.15, -0.1) is 0 Å². The smallest absolute Gasteiger partial charge is 0.355 e. The molecule has 0 aromatic heterocycles. The summed E-state index contributed by atoms with van der Waals surface area (Å²) in [4.78, 5) is 10.9. The quantitative estimate of drug-likeness (QED) is 0.826. The van der Waals surface area contributed by atoms with Crippen molar-refractivity contribution >= 4 is 27.4 Å². The lowest BCUT2D eigenvalue weighted by Crippen LogP contribution is -2.38. The summed E-state index contributed by atoms with van der Waals surface area (Å²) in [7, 11) is -3.04. The van der Waals surface area contributed by atoms with Gasteiger partial charge in [-0.1, -0.05) is 12.1 Å². The molecular weight excluding hydrogens is 270 g/mol. The van der Waals surface area contributed by atoms with E-state index in [1.165, 1.54) is 0 Å². The normalized spacial score (nSPS) is 17.1. The molecule has 0 bridgehead atoms. The Hall–Kier alpha value is -2.02. The number of rotatable bonds is 2. The number of nitrogens with zero attached hydrogens (tertiary/aromatic N) is 1. The van der Waals surface area contributed by atoms with Gasteiger partial charge >= 0.3 is 5.97 Å². The van der Waals surface area contributed by atoms with E-state index in [1.807, 2.05) is 0 Å². The number of aliphatic hydroxyl groups excluding tert-OH is 1. The summed E-state index contributed by atoms with van der Waals surface area (Å²) in [6, 6.07) is 6.43. The molecule has 1 heterocycles. The van der Waals surface area contributed by atoms with Gasteiger partial charge in [-0.25, -0.2) is 13.2 Å². The molecule has 1 aromatic carbocycles. The Morgan fingerprint density at radius 1 is 1.37 bits per heavy atom. The third-order valence-corrected chi connectivity index (χ3v) is 4.76. The van der Waals surface area contributed by atoms with E-state index in [2.05, 4.69) is 4.74 Å². The van der Waals surface area contributed by atoms with Gasteiger partial charge < -0.3 is 9.84 Å². The van der Waals surface area contributed by atoms with Crippen LogP contribution >= 0.6 is 0 Å². The molecule has 2 rings (SSSR count). The molecule has 1 aliphatic heterocycles.